The summed E-state index contributed by atoms with van der Waals surface area (Å²) in [6.45, 7) is 8.91. The molecule has 2 heterocycles. The Morgan fingerprint density at radius 3 is 2.57 bits per heavy atom. The number of likely N-dealkylation sites (tertiary alicyclic amines) is 1. The molecule has 0 spiro atoms. The number of rotatable bonds is 5. The fourth-order valence-electron chi connectivity index (χ4n) is 2.73. The maximum absolute atomic E-state index is 12.3. The minimum atomic E-state index is 0.0704. The van der Waals surface area contributed by atoms with Crippen molar-refractivity contribution in [3.63, 3.8) is 0 Å². The first kappa shape index (κ1) is 18.2. The summed E-state index contributed by atoms with van der Waals surface area (Å²) >= 11 is 1.68. The summed E-state index contributed by atoms with van der Waals surface area (Å²) in [5, 5.41) is 6.75. The molecule has 1 aliphatic rings. The zero-order valence-corrected chi connectivity index (χ0v) is 15.9. The predicted molar refractivity (Wildman–Crippen MR) is 97.0 cm³/mol. The summed E-state index contributed by atoms with van der Waals surface area (Å²) in [5.41, 5.74) is 1.17. The molecular formula is C17H30N4OS. The molecule has 0 bridgehead atoms. The molecule has 0 radical (unpaired) electrons. The van der Waals surface area contributed by atoms with E-state index in [-0.39, 0.29) is 5.41 Å². The van der Waals surface area contributed by atoms with E-state index in [0.29, 0.717) is 18.4 Å². The number of thiazole rings is 1. The molecule has 1 fully saturated rings. The van der Waals surface area contributed by atoms with Gasteiger partial charge in [-0.15, -0.1) is 11.3 Å². The van der Waals surface area contributed by atoms with Gasteiger partial charge in [0.15, 0.2) is 5.13 Å². The molecule has 2 rings (SSSR count). The fraction of sp³-hybridized carbons (Fsp3) is 0.765. The van der Waals surface area contributed by atoms with Crippen molar-refractivity contribution in [2.75, 3.05) is 32.1 Å². The molecule has 1 aromatic rings. The van der Waals surface area contributed by atoms with Crippen molar-refractivity contribution in [3.8, 4) is 0 Å². The number of hydrogen-bond donors (Lipinski definition) is 1. The molecule has 23 heavy (non-hydrogen) atoms. The van der Waals surface area contributed by atoms with E-state index in [0.717, 1.165) is 43.3 Å². The highest BCUT2D eigenvalue weighted by molar-refractivity contribution is 7.13. The van der Waals surface area contributed by atoms with E-state index in [1.807, 2.05) is 23.9 Å². The van der Waals surface area contributed by atoms with E-state index in [1.165, 1.54) is 0 Å². The third kappa shape index (κ3) is 5.77. The van der Waals surface area contributed by atoms with Gasteiger partial charge in [0.25, 0.3) is 0 Å². The predicted octanol–water partition coefficient (Wildman–Crippen LogP) is 2.73. The summed E-state index contributed by atoms with van der Waals surface area (Å²) < 4.78 is 0. The second kappa shape index (κ2) is 7.62. The van der Waals surface area contributed by atoms with Gasteiger partial charge in [-0.05, 0) is 18.3 Å². The molecule has 0 atom stereocenters. The largest absolute Gasteiger partial charge is 0.354 e. The van der Waals surface area contributed by atoms with Crippen molar-refractivity contribution < 1.29 is 4.79 Å². The number of amides is 1. The van der Waals surface area contributed by atoms with Crippen molar-refractivity contribution in [1.82, 2.24) is 15.2 Å². The standard InChI is InChI=1S/C17H30N4OS/c1-17(2,3)10-15(22)21-8-6-13(7-9-21)18-11-14-12-23-16(19-14)20(4)5/h12-13,18H,6-11H2,1-5H3. The van der Waals surface area contributed by atoms with Crippen LogP contribution in [0.3, 0.4) is 0 Å². The highest BCUT2D eigenvalue weighted by Gasteiger charge is 2.25. The SMILES string of the molecule is CN(C)c1nc(CNC2CCN(C(=O)CC(C)(C)C)CC2)cs1. The van der Waals surface area contributed by atoms with E-state index in [9.17, 15) is 4.79 Å². The summed E-state index contributed by atoms with van der Waals surface area (Å²) in [7, 11) is 4.03. The van der Waals surface area contributed by atoms with Crippen LogP contribution in [0.15, 0.2) is 5.38 Å². The van der Waals surface area contributed by atoms with Gasteiger partial charge < -0.3 is 15.1 Å². The Morgan fingerprint density at radius 2 is 2.04 bits per heavy atom. The number of hydrogen-bond acceptors (Lipinski definition) is 5. The lowest BCUT2D eigenvalue weighted by atomic mass is 9.91. The Kier molecular flexibility index (Phi) is 6.03. The van der Waals surface area contributed by atoms with Crippen LogP contribution in [0.1, 0.15) is 45.7 Å². The maximum Gasteiger partial charge on any atom is 0.223 e. The lowest BCUT2D eigenvalue weighted by Crippen LogP contribution is -2.45. The normalized spacial score (nSPS) is 16.7. The monoisotopic (exact) mass is 338 g/mol. The highest BCUT2D eigenvalue weighted by atomic mass is 32.1. The van der Waals surface area contributed by atoms with Gasteiger partial charge in [-0.1, -0.05) is 20.8 Å². The smallest absolute Gasteiger partial charge is 0.223 e. The van der Waals surface area contributed by atoms with Gasteiger partial charge in [0.1, 0.15) is 0 Å². The fourth-order valence-corrected chi connectivity index (χ4v) is 3.49. The van der Waals surface area contributed by atoms with E-state index in [4.69, 9.17) is 0 Å². The van der Waals surface area contributed by atoms with Gasteiger partial charge in [0.2, 0.25) is 5.91 Å². The first-order valence-electron chi connectivity index (χ1n) is 8.37. The van der Waals surface area contributed by atoms with Crippen LogP contribution in [0, 0.1) is 5.41 Å². The van der Waals surface area contributed by atoms with Crippen LogP contribution in [-0.2, 0) is 11.3 Å². The van der Waals surface area contributed by atoms with Crippen molar-refractivity contribution >= 4 is 22.4 Å². The Bertz CT molecular complexity index is 513. The minimum absolute atomic E-state index is 0.0704. The Labute approximate surface area is 144 Å². The van der Waals surface area contributed by atoms with Crippen LogP contribution in [0.2, 0.25) is 0 Å². The van der Waals surface area contributed by atoms with Gasteiger partial charge in [-0.2, -0.15) is 0 Å². The van der Waals surface area contributed by atoms with Crippen molar-refractivity contribution in [2.24, 2.45) is 5.41 Å². The second-order valence-electron chi connectivity index (χ2n) is 7.79. The zero-order chi connectivity index (χ0) is 17.0. The molecule has 0 aliphatic carbocycles. The topological polar surface area (TPSA) is 48.5 Å². The molecule has 1 N–H and O–H groups in total. The molecule has 6 heteroatoms. The molecule has 5 nitrogen and oxygen atoms in total. The average molecular weight is 339 g/mol. The number of nitrogens with one attached hydrogen (secondary N) is 1. The molecule has 1 saturated heterocycles. The molecule has 1 amide bonds. The second-order valence-corrected chi connectivity index (χ2v) is 8.63. The molecule has 0 aromatic carbocycles. The van der Waals surface area contributed by atoms with Crippen LogP contribution >= 0.6 is 11.3 Å². The summed E-state index contributed by atoms with van der Waals surface area (Å²) in [6, 6.07) is 0.484. The van der Waals surface area contributed by atoms with Gasteiger partial charge >= 0.3 is 0 Å². The summed E-state index contributed by atoms with van der Waals surface area (Å²) in [5.74, 6) is 0.297. The average Bonchev–Trinajstić information content (AvgIpc) is 2.93. The number of piperidine rings is 1. The van der Waals surface area contributed by atoms with E-state index in [2.05, 4.69) is 36.5 Å². The first-order valence-corrected chi connectivity index (χ1v) is 9.25. The Morgan fingerprint density at radius 1 is 1.39 bits per heavy atom. The molecule has 0 saturated carbocycles. The van der Waals surface area contributed by atoms with E-state index in [1.54, 1.807) is 11.3 Å². The molecular weight excluding hydrogens is 308 g/mol. The van der Waals surface area contributed by atoms with Crippen molar-refractivity contribution in [2.45, 2.75) is 52.6 Å². The van der Waals surface area contributed by atoms with Gasteiger partial charge in [0.05, 0.1) is 5.69 Å². The lowest BCUT2D eigenvalue weighted by Gasteiger charge is -2.34. The first-order chi connectivity index (χ1) is 10.7. The number of aromatic nitrogens is 1. The Balaban J connectivity index is 1.73. The van der Waals surface area contributed by atoms with E-state index < -0.39 is 0 Å². The number of anilines is 1. The zero-order valence-electron chi connectivity index (χ0n) is 15.1. The highest BCUT2D eigenvalue weighted by Crippen LogP contribution is 2.22. The number of nitrogens with zero attached hydrogens (tertiary/aromatic N) is 3. The minimum Gasteiger partial charge on any atom is -0.354 e. The van der Waals surface area contributed by atoms with E-state index >= 15 is 0 Å². The van der Waals surface area contributed by atoms with Crippen LogP contribution < -0.4 is 10.2 Å². The van der Waals surface area contributed by atoms with Crippen LogP contribution in [0.25, 0.3) is 0 Å². The van der Waals surface area contributed by atoms with Crippen molar-refractivity contribution in [1.29, 1.82) is 0 Å². The summed E-state index contributed by atoms with van der Waals surface area (Å²) in [6.07, 6.45) is 2.69. The van der Waals surface area contributed by atoms with Gasteiger partial charge in [-0.25, -0.2) is 4.98 Å². The number of carbonyl (C=O) groups is 1. The lowest BCUT2D eigenvalue weighted by molar-refractivity contribution is -0.134. The summed E-state index contributed by atoms with van der Waals surface area (Å²) in [4.78, 5) is 20.9. The number of carbonyl (C=O) groups excluding carboxylic acids is 1. The van der Waals surface area contributed by atoms with Crippen LogP contribution in [0.4, 0.5) is 5.13 Å². The van der Waals surface area contributed by atoms with Gasteiger partial charge in [0, 0.05) is 51.6 Å². The maximum atomic E-state index is 12.3. The van der Waals surface area contributed by atoms with Crippen LogP contribution in [0.5, 0.6) is 0 Å². The molecule has 130 valence electrons. The molecule has 1 aliphatic heterocycles. The van der Waals surface area contributed by atoms with Gasteiger partial charge in [-0.3, -0.25) is 4.79 Å². The quantitative estimate of drug-likeness (QED) is 0.897. The third-order valence-corrected chi connectivity index (χ3v) is 5.08. The molecule has 0 unspecified atom stereocenters. The third-order valence-electron chi connectivity index (χ3n) is 4.02. The molecule has 1 aromatic heterocycles. The van der Waals surface area contributed by atoms with Crippen molar-refractivity contribution in [3.05, 3.63) is 11.1 Å². The van der Waals surface area contributed by atoms with Crippen LogP contribution in [-0.4, -0.2) is 49.0 Å². The Hall–Kier alpha value is -1.14.